The Hall–Kier alpha value is -1.06. The first-order chi connectivity index (χ1) is 9.67. The van der Waals surface area contributed by atoms with Gasteiger partial charge in [-0.05, 0) is 53.7 Å². The van der Waals surface area contributed by atoms with Gasteiger partial charge in [-0.25, -0.2) is 0 Å². The maximum Gasteiger partial charge on any atom is 0.0897 e. The highest BCUT2D eigenvalue weighted by Gasteiger charge is 2.53. The quantitative estimate of drug-likeness (QED) is 0.923. The van der Waals surface area contributed by atoms with Gasteiger partial charge in [-0.15, -0.1) is 0 Å². The van der Waals surface area contributed by atoms with Crippen LogP contribution in [0.3, 0.4) is 0 Å². The maximum absolute atomic E-state index is 10.6. The molecule has 1 fully saturated rings. The van der Waals surface area contributed by atoms with Crippen LogP contribution < -0.4 is 4.90 Å². The van der Waals surface area contributed by atoms with E-state index < -0.39 is 11.7 Å². The fourth-order valence-electron chi connectivity index (χ4n) is 3.41. The molecule has 0 aliphatic carbocycles. The van der Waals surface area contributed by atoms with Crippen molar-refractivity contribution in [2.75, 3.05) is 18.0 Å². The first kappa shape index (κ1) is 16.3. The number of benzene rings is 1. The molecule has 118 valence electrons. The maximum atomic E-state index is 10.6. The van der Waals surface area contributed by atoms with E-state index in [0.717, 1.165) is 13.1 Å². The second-order valence-corrected chi connectivity index (χ2v) is 7.23. The van der Waals surface area contributed by atoms with Crippen LogP contribution >= 0.6 is 0 Å². The molecule has 1 aliphatic rings. The summed E-state index contributed by atoms with van der Waals surface area (Å²) in [6.07, 6.45) is -0.452. The Morgan fingerprint density at radius 3 is 2.10 bits per heavy atom. The Morgan fingerprint density at radius 2 is 1.67 bits per heavy atom. The minimum atomic E-state index is -0.485. The van der Waals surface area contributed by atoms with Gasteiger partial charge in [-0.2, -0.15) is 0 Å². The summed E-state index contributed by atoms with van der Waals surface area (Å²) >= 11 is 0. The van der Waals surface area contributed by atoms with Crippen molar-refractivity contribution in [3.63, 3.8) is 0 Å². The minimum absolute atomic E-state index is 0.0914. The van der Waals surface area contributed by atoms with Gasteiger partial charge in [0.15, 0.2) is 0 Å². The highest BCUT2D eigenvalue weighted by molar-refractivity contribution is 5.47. The van der Waals surface area contributed by atoms with Crippen molar-refractivity contribution in [2.45, 2.75) is 58.8 Å². The molecule has 1 N–H and O–H groups in total. The monoisotopic (exact) mass is 291 g/mol. The number of hydrogen-bond donors (Lipinski definition) is 1. The molecule has 1 aromatic carbocycles. The van der Waals surface area contributed by atoms with E-state index in [4.69, 9.17) is 4.74 Å². The second kappa shape index (κ2) is 5.62. The van der Waals surface area contributed by atoms with Crippen molar-refractivity contribution in [3.05, 3.63) is 29.8 Å². The Balaban J connectivity index is 2.20. The summed E-state index contributed by atoms with van der Waals surface area (Å²) in [7, 11) is 0. The van der Waals surface area contributed by atoms with Gasteiger partial charge < -0.3 is 14.7 Å². The summed E-state index contributed by atoms with van der Waals surface area (Å²) < 4.78 is 6.08. The molecular formula is C18H29NO2. The van der Waals surface area contributed by atoms with Gasteiger partial charge in [-0.1, -0.05) is 17.7 Å². The smallest absolute Gasteiger partial charge is 0.0897 e. The van der Waals surface area contributed by atoms with Crippen LogP contribution in [0.1, 0.15) is 40.2 Å². The third-order valence-corrected chi connectivity index (χ3v) is 4.71. The lowest BCUT2D eigenvalue weighted by Gasteiger charge is -2.33. The Labute approximate surface area is 128 Å². The molecule has 1 heterocycles. The topological polar surface area (TPSA) is 32.7 Å². The van der Waals surface area contributed by atoms with E-state index in [9.17, 15) is 5.11 Å². The number of hydrogen-bond acceptors (Lipinski definition) is 3. The number of aliphatic hydroxyl groups excluding tert-OH is 1. The van der Waals surface area contributed by atoms with Crippen LogP contribution in [-0.4, -0.2) is 35.5 Å². The molecular weight excluding hydrogens is 262 g/mol. The molecule has 2 unspecified atom stereocenters. The fourth-order valence-corrected chi connectivity index (χ4v) is 3.41. The zero-order valence-corrected chi connectivity index (χ0v) is 14.2. The van der Waals surface area contributed by atoms with E-state index in [-0.39, 0.29) is 11.5 Å². The fraction of sp³-hybridized carbons (Fsp3) is 0.667. The number of rotatable bonds is 4. The summed E-state index contributed by atoms with van der Waals surface area (Å²) in [5.74, 6) is 0.0914. The van der Waals surface area contributed by atoms with Crippen LogP contribution in [0.5, 0.6) is 0 Å². The largest absolute Gasteiger partial charge is 0.390 e. The number of anilines is 1. The molecule has 0 spiro atoms. The first-order valence-electron chi connectivity index (χ1n) is 7.87. The van der Waals surface area contributed by atoms with Crippen LogP contribution in [0.4, 0.5) is 5.69 Å². The normalized spacial score (nSPS) is 26.8. The molecule has 0 radical (unpaired) electrons. The standard InChI is InChI=1S/C18H29NO2/c1-7-19(14-10-8-13(2)9-11-14)12-15-16(20)18(5,6)21-17(15,3)4/h8-11,15-16,20H,7,12H2,1-6H3. The highest BCUT2D eigenvalue weighted by atomic mass is 16.5. The lowest BCUT2D eigenvalue weighted by atomic mass is 9.84. The summed E-state index contributed by atoms with van der Waals surface area (Å²) in [6, 6.07) is 8.57. The van der Waals surface area contributed by atoms with Crippen molar-refractivity contribution in [2.24, 2.45) is 5.92 Å². The van der Waals surface area contributed by atoms with Gasteiger partial charge in [0.05, 0.1) is 17.3 Å². The summed E-state index contributed by atoms with van der Waals surface area (Å²) in [5, 5.41) is 10.6. The van der Waals surface area contributed by atoms with Gasteiger partial charge in [-0.3, -0.25) is 0 Å². The van der Waals surface area contributed by atoms with E-state index in [1.54, 1.807) is 0 Å². The third kappa shape index (κ3) is 3.24. The van der Waals surface area contributed by atoms with Gasteiger partial charge in [0.25, 0.3) is 0 Å². The van der Waals surface area contributed by atoms with Crippen molar-refractivity contribution in [1.29, 1.82) is 0 Å². The lowest BCUT2D eigenvalue weighted by molar-refractivity contribution is -0.0906. The molecule has 3 nitrogen and oxygen atoms in total. The van der Waals surface area contributed by atoms with Crippen LogP contribution in [-0.2, 0) is 4.74 Å². The van der Waals surface area contributed by atoms with E-state index in [2.05, 4.69) is 56.9 Å². The van der Waals surface area contributed by atoms with Gasteiger partial charge in [0.1, 0.15) is 0 Å². The summed E-state index contributed by atoms with van der Waals surface area (Å²) in [5.41, 5.74) is 1.67. The Bertz CT molecular complexity index is 478. The Kier molecular flexibility index (Phi) is 4.36. The van der Waals surface area contributed by atoms with E-state index in [0.29, 0.717) is 0 Å². The number of ether oxygens (including phenoxy) is 1. The van der Waals surface area contributed by atoms with Crippen molar-refractivity contribution in [1.82, 2.24) is 0 Å². The molecule has 0 amide bonds. The summed E-state index contributed by atoms with van der Waals surface area (Å²) in [6.45, 7) is 14.1. The van der Waals surface area contributed by atoms with E-state index in [1.165, 1.54) is 11.3 Å². The second-order valence-electron chi connectivity index (χ2n) is 7.23. The highest BCUT2D eigenvalue weighted by Crippen LogP contribution is 2.42. The number of aryl methyl sites for hydroxylation is 1. The molecule has 0 bridgehead atoms. The lowest BCUT2D eigenvalue weighted by Crippen LogP contribution is -2.43. The zero-order valence-electron chi connectivity index (χ0n) is 14.2. The van der Waals surface area contributed by atoms with Crippen molar-refractivity contribution in [3.8, 4) is 0 Å². The van der Waals surface area contributed by atoms with E-state index >= 15 is 0 Å². The SMILES string of the molecule is CCN(CC1C(O)C(C)(C)OC1(C)C)c1ccc(C)cc1. The van der Waals surface area contributed by atoms with Crippen molar-refractivity contribution >= 4 is 5.69 Å². The van der Waals surface area contributed by atoms with Crippen LogP contribution in [0.15, 0.2) is 24.3 Å². The average Bonchev–Trinajstić information content (AvgIpc) is 2.54. The van der Waals surface area contributed by atoms with Crippen LogP contribution in [0, 0.1) is 12.8 Å². The Morgan fingerprint density at radius 1 is 1.10 bits per heavy atom. The predicted octanol–water partition coefficient (Wildman–Crippen LogP) is 3.39. The van der Waals surface area contributed by atoms with Crippen LogP contribution in [0.25, 0.3) is 0 Å². The molecule has 0 aromatic heterocycles. The van der Waals surface area contributed by atoms with Crippen molar-refractivity contribution < 1.29 is 9.84 Å². The molecule has 0 saturated carbocycles. The molecule has 2 rings (SSSR count). The molecule has 1 aromatic rings. The first-order valence-corrected chi connectivity index (χ1v) is 7.87. The third-order valence-electron chi connectivity index (χ3n) is 4.71. The number of nitrogens with zero attached hydrogens (tertiary/aromatic N) is 1. The minimum Gasteiger partial charge on any atom is -0.390 e. The molecule has 21 heavy (non-hydrogen) atoms. The van der Waals surface area contributed by atoms with Crippen LogP contribution in [0.2, 0.25) is 0 Å². The molecule has 1 aliphatic heterocycles. The molecule has 1 saturated heterocycles. The van der Waals surface area contributed by atoms with Gasteiger partial charge >= 0.3 is 0 Å². The predicted molar refractivity (Wildman–Crippen MR) is 87.8 cm³/mol. The van der Waals surface area contributed by atoms with Gasteiger partial charge in [0, 0.05) is 24.7 Å². The zero-order chi connectivity index (χ0) is 15.8. The summed E-state index contributed by atoms with van der Waals surface area (Å²) in [4.78, 5) is 2.32. The van der Waals surface area contributed by atoms with Gasteiger partial charge in [0.2, 0.25) is 0 Å². The average molecular weight is 291 g/mol. The van der Waals surface area contributed by atoms with E-state index in [1.807, 2.05) is 13.8 Å². The molecule has 3 heteroatoms. The molecule has 2 atom stereocenters. The number of aliphatic hydroxyl groups is 1.